The van der Waals surface area contributed by atoms with Crippen LogP contribution in [0.3, 0.4) is 0 Å². The zero-order valence-corrected chi connectivity index (χ0v) is 12.4. The first-order chi connectivity index (χ1) is 10.1. The second-order valence-electron chi connectivity index (χ2n) is 4.42. The van der Waals surface area contributed by atoms with Crippen molar-refractivity contribution in [2.24, 2.45) is 0 Å². The molecule has 1 aromatic heterocycles. The number of aryl methyl sites for hydroxylation is 1. The van der Waals surface area contributed by atoms with Crippen LogP contribution in [-0.2, 0) is 9.53 Å². The summed E-state index contributed by atoms with van der Waals surface area (Å²) >= 11 is 6.10. The highest BCUT2D eigenvalue weighted by molar-refractivity contribution is 6.31. The van der Waals surface area contributed by atoms with Gasteiger partial charge in [0.15, 0.2) is 0 Å². The maximum absolute atomic E-state index is 11.3. The molecule has 0 saturated carbocycles. The van der Waals surface area contributed by atoms with Crippen LogP contribution in [0.15, 0.2) is 53.5 Å². The summed E-state index contributed by atoms with van der Waals surface area (Å²) in [7, 11) is 0. The van der Waals surface area contributed by atoms with Crippen molar-refractivity contribution < 1.29 is 13.9 Å². The van der Waals surface area contributed by atoms with E-state index in [0.29, 0.717) is 16.5 Å². The van der Waals surface area contributed by atoms with E-state index >= 15 is 0 Å². The fraction of sp³-hybridized carbons (Fsp3) is 0.118. The molecule has 0 bridgehead atoms. The smallest absolute Gasteiger partial charge is 0.331 e. The van der Waals surface area contributed by atoms with Gasteiger partial charge in [0.25, 0.3) is 0 Å². The Labute approximate surface area is 128 Å². The van der Waals surface area contributed by atoms with E-state index in [4.69, 9.17) is 20.8 Å². The number of benzene rings is 1. The van der Waals surface area contributed by atoms with Gasteiger partial charge in [0.1, 0.15) is 18.1 Å². The van der Waals surface area contributed by atoms with Crippen LogP contribution in [0, 0.1) is 6.92 Å². The number of carbonyl (C=O) groups excluding carboxylic acids is 1. The Hall–Kier alpha value is -2.26. The largest absolute Gasteiger partial charge is 0.458 e. The van der Waals surface area contributed by atoms with Crippen molar-refractivity contribution in [1.82, 2.24) is 0 Å². The summed E-state index contributed by atoms with van der Waals surface area (Å²) in [6, 6.07) is 9.33. The topological polar surface area (TPSA) is 39.4 Å². The Bertz CT molecular complexity index is 683. The van der Waals surface area contributed by atoms with Gasteiger partial charge in [-0.2, -0.15) is 0 Å². The van der Waals surface area contributed by atoms with Gasteiger partial charge < -0.3 is 9.15 Å². The number of carbonyl (C=O) groups is 1. The van der Waals surface area contributed by atoms with Crippen molar-refractivity contribution in [1.29, 1.82) is 0 Å². The number of hydrogen-bond donors (Lipinski definition) is 0. The van der Waals surface area contributed by atoms with Crippen LogP contribution in [0.2, 0.25) is 5.02 Å². The standard InChI is InChI=1S/C17H15ClO3/c1-3-10-20-17(19)9-7-14-6-8-16(21-14)13-5-4-12(2)15(18)11-13/h3-9,11H,1,10H2,2H3/b9-7+. The van der Waals surface area contributed by atoms with Gasteiger partial charge in [-0.25, -0.2) is 4.79 Å². The normalized spacial score (nSPS) is 10.8. The third-order valence-electron chi connectivity index (χ3n) is 2.81. The van der Waals surface area contributed by atoms with Crippen LogP contribution >= 0.6 is 11.6 Å². The van der Waals surface area contributed by atoms with Gasteiger partial charge in [-0.15, -0.1) is 0 Å². The summed E-state index contributed by atoms with van der Waals surface area (Å²) in [6.45, 7) is 5.60. The van der Waals surface area contributed by atoms with E-state index in [9.17, 15) is 4.79 Å². The molecule has 0 spiro atoms. The van der Waals surface area contributed by atoms with Crippen molar-refractivity contribution in [2.75, 3.05) is 6.61 Å². The predicted molar refractivity (Wildman–Crippen MR) is 84.1 cm³/mol. The van der Waals surface area contributed by atoms with Crippen LogP contribution in [-0.4, -0.2) is 12.6 Å². The molecule has 0 aliphatic heterocycles. The van der Waals surface area contributed by atoms with Crippen molar-refractivity contribution in [3.8, 4) is 11.3 Å². The Morgan fingerprint density at radius 3 is 2.90 bits per heavy atom. The maximum Gasteiger partial charge on any atom is 0.331 e. The van der Waals surface area contributed by atoms with Crippen molar-refractivity contribution >= 4 is 23.6 Å². The molecular weight excluding hydrogens is 288 g/mol. The third kappa shape index (κ3) is 4.10. The van der Waals surface area contributed by atoms with Crippen LogP contribution < -0.4 is 0 Å². The second kappa shape index (κ2) is 6.95. The Kier molecular flexibility index (Phi) is 5.01. The molecule has 1 aromatic carbocycles. The molecule has 0 amide bonds. The lowest BCUT2D eigenvalue weighted by Crippen LogP contribution is -1.99. The molecular formula is C17H15ClO3. The molecule has 1 heterocycles. The van der Waals surface area contributed by atoms with E-state index in [1.807, 2.05) is 31.2 Å². The fourth-order valence-electron chi connectivity index (χ4n) is 1.68. The Balaban J connectivity index is 2.10. The molecule has 0 radical (unpaired) electrons. The molecule has 2 rings (SSSR count). The van der Waals surface area contributed by atoms with E-state index < -0.39 is 5.97 Å². The predicted octanol–water partition coefficient (Wildman–Crippen LogP) is 4.65. The highest BCUT2D eigenvalue weighted by Crippen LogP contribution is 2.27. The number of ether oxygens (including phenoxy) is 1. The lowest BCUT2D eigenvalue weighted by Gasteiger charge is -2.00. The van der Waals surface area contributed by atoms with Gasteiger partial charge in [0, 0.05) is 16.7 Å². The van der Waals surface area contributed by atoms with Gasteiger partial charge in [-0.1, -0.05) is 36.4 Å². The zero-order valence-electron chi connectivity index (χ0n) is 11.6. The number of furan rings is 1. The Morgan fingerprint density at radius 1 is 1.38 bits per heavy atom. The zero-order chi connectivity index (χ0) is 15.2. The van der Waals surface area contributed by atoms with Gasteiger partial charge in [0.05, 0.1) is 0 Å². The summed E-state index contributed by atoms with van der Waals surface area (Å²) in [4.78, 5) is 11.3. The number of rotatable bonds is 5. The summed E-state index contributed by atoms with van der Waals surface area (Å²) in [6.07, 6.45) is 4.39. The number of hydrogen-bond acceptors (Lipinski definition) is 3. The monoisotopic (exact) mass is 302 g/mol. The molecule has 0 fully saturated rings. The first-order valence-corrected chi connectivity index (χ1v) is 6.80. The van der Waals surface area contributed by atoms with E-state index in [2.05, 4.69) is 6.58 Å². The molecule has 0 unspecified atom stereocenters. The molecule has 0 aliphatic carbocycles. The molecule has 4 heteroatoms. The molecule has 0 N–H and O–H groups in total. The lowest BCUT2D eigenvalue weighted by atomic mass is 10.1. The SMILES string of the molecule is C=CCOC(=O)/C=C/c1ccc(-c2ccc(C)c(Cl)c2)o1. The average Bonchev–Trinajstić information content (AvgIpc) is 2.94. The lowest BCUT2D eigenvalue weighted by molar-refractivity contribution is -0.136. The number of esters is 1. The fourth-order valence-corrected chi connectivity index (χ4v) is 1.86. The molecule has 0 aliphatic rings. The molecule has 2 aromatic rings. The van der Waals surface area contributed by atoms with E-state index in [-0.39, 0.29) is 6.61 Å². The van der Waals surface area contributed by atoms with E-state index in [0.717, 1.165) is 11.1 Å². The first kappa shape index (κ1) is 15.1. The molecule has 0 saturated heterocycles. The van der Waals surface area contributed by atoms with Crippen molar-refractivity contribution in [3.05, 3.63) is 65.4 Å². The highest BCUT2D eigenvalue weighted by Gasteiger charge is 2.05. The number of halogens is 1. The van der Waals surface area contributed by atoms with Crippen LogP contribution in [0.25, 0.3) is 17.4 Å². The van der Waals surface area contributed by atoms with Crippen molar-refractivity contribution in [2.45, 2.75) is 6.92 Å². The van der Waals surface area contributed by atoms with Gasteiger partial charge in [0.2, 0.25) is 0 Å². The summed E-state index contributed by atoms with van der Waals surface area (Å²) in [5.74, 6) is 0.819. The van der Waals surface area contributed by atoms with Crippen LogP contribution in [0.4, 0.5) is 0 Å². The maximum atomic E-state index is 11.3. The van der Waals surface area contributed by atoms with Crippen LogP contribution in [0.1, 0.15) is 11.3 Å². The molecule has 3 nitrogen and oxygen atoms in total. The quantitative estimate of drug-likeness (QED) is 0.458. The summed E-state index contributed by atoms with van der Waals surface area (Å²) in [5.41, 5.74) is 1.90. The van der Waals surface area contributed by atoms with Gasteiger partial charge >= 0.3 is 5.97 Å². The van der Waals surface area contributed by atoms with Crippen molar-refractivity contribution in [3.63, 3.8) is 0 Å². The molecule has 108 valence electrons. The minimum absolute atomic E-state index is 0.189. The second-order valence-corrected chi connectivity index (χ2v) is 4.83. The Morgan fingerprint density at radius 2 is 2.19 bits per heavy atom. The van der Waals surface area contributed by atoms with Gasteiger partial charge in [-0.3, -0.25) is 0 Å². The van der Waals surface area contributed by atoms with Crippen LogP contribution in [0.5, 0.6) is 0 Å². The average molecular weight is 303 g/mol. The summed E-state index contributed by atoms with van der Waals surface area (Å²) in [5, 5.41) is 0.689. The third-order valence-corrected chi connectivity index (χ3v) is 3.22. The first-order valence-electron chi connectivity index (χ1n) is 6.42. The minimum atomic E-state index is -0.439. The minimum Gasteiger partial charge on any atom is -0.458 e. The van der Waals surface area contributed by atoms with Gasteiger partial charge in [-0.05, 0) is 36.8 Å². The molecule has 21 heavy (non-hydrogen) atoms. The summed E-state index contributed by atoms with van der Waals surface area (Å²) < 4.78 is 10.5. The van der Waals surface area contributed by atoms with E-state index in [1.54, 1.807) is 12.1 Å². The molecule has 0 atom stereocenters. The van der Waals surface area contributed by atoms with E-state index in [1.165, 1.54) is 12.2 Å². The highest BCUT2D eigenvalue weighted by atomic mass is 35.5.